The van der Waals surface area contributed by atoms with E-state index >= 15 is 0 Å². The highest BCUT2D eigenvalue weighted by Gasteiger charge is 2.31. The van der Waals surface area contributed by atoms with Crippen LogP contribution in [0.5, 0.6) is 0 Å². The lowest BCUT2D eigenvalue weighted by Gasteiger charge is -2.37. The van der Waals surface area contributed by atoms with Gasteiger partial charge in [-0.3, -0.25) is 19.3 Å². The van der Waals surface area contributed by atoms with Crippen molar-refractivity contribution < 1.29 is 14.4 Å². The van der Waals surface area contributed by atoms with Crippen LogP contribution in [0.25, 0.3) is 10.8 Å². The van der Waals surface area contributed by atoms with Crippen LogP contribution in [-0.2, 0) is 20.8 Å². The van der Waals surface area contributed by atoms with Crippen LogP contribution in [0.15, 0.2) is 42.5 Å². The number of nitrogens with zero attached hydrogens (tertiary/aromatic N) is 2. The monoisotopic (exact) mass is 450 g/mol. The summed E-state index contributed by atoms with van der Waals surface area (Å²) in [6.07, 6.45) is 2.40. The van der Waals surface area contributed by atoms with Gasteiger partial charge in [-0.15, -0.1) is 0 Å². The van der Waals surface area contributed by atoms with Gasteiger partial charge < -0.3 is 15.5 Å². The van der Waals surface area contributed by atoms with Crippen molar-refractivity contribution in [1.29, 1.82) is 0 Å². The predicted octanol–water partition coefficient (Wildman–Crippen LogP) is 1.95. The molecule has 1 atom stereocenters. The SMILES string of the molecule is CC(C)C(NC(=O)Cc1cccc2ccccc12)C(=O)N1CCN(CC(=O)NC2CC2)CC1. The van der Waals surface area contributed by atoms with E-state index in [1.807, 2.05) is 61.2 Å². The van der Waals surface area contributed by atoms with Gasteiger partial charge in [-0.1, -0.05) is 56.3 Å². The molecule has 2 fully saturated rings. The molecular weight excluding hydrogens is 416 g/mol. The Kier molecular flexibility index (Phi) is 7.28. The van der Waals surface area contributed by atoms with Crippen molar-refractivity contribution in [2.75, 3.05) is 32.7 Å². The number of benzene rings is 2. The van der Waals surface area contributed by atoms with Crippen LogP contribution < -0.4 is 10.6 Å². The zero-order valence-corrected chi connectivity index (χ0v) is 19.5. The molecule has 0 bridgehead atoms. The molecule has 3 amide bonds. The third-order valence-corrected chi connectivity index (χ3v) is 6.47. The molecule has 0 aromatic heterocycles. The van der Waals surface area contributed by atoms with E-state index in [2.05, 4.69) is 15.5 Å². The van der Waals surface area contributed by atoms with E-state index in [0.29, 0.717) is 38.8 Å². The lowest BCUT2D eigenvalue weighted by atomic mass is 9.99. The summed E-state index contributed by atoms with van der Waals surface area (Å²) in [6, 6.07) is 13.8. The number of nitrogens with one attached hydrogen (secondary N) is 2. The zero-order valence-electron chi connectivity index (χ0n) is 19.5. The molecule has 2 aromatic carbocycles. The average Bonchev–Trinajstić information content (AvgIpc) is 3.61. The number of hydrogen-bond acceptors (Lipinski definition) is 4. The third kappa shape index (κ3) is 6.11. The van der Waals surface area contributed by atoms with Crippen molar-refractivity contribution in [3.63, 3.8) is 0 Å². The number of fused-ring (bicyclic) bond motifs is 1. The van der Waals surface area contributed by atoms with Gasteiger partial charge in [-0.05, 0) is 35.1 Å². The molecule has 7 heteroatoms. The third-order valence-electron chi connectivity index (χ3n) is 6.47. The Morgan fingerprint density at radius 1 is 0.939 bits per heavy atom. The maximum absolute atomic E-state index is 13.2. The molecule has 33 heavy (non-hydrogen) atoms. The fourth-order valence-corrected chi connectivity index (χ4v) is 4.38. The van der Waals surface area contributed by atoms with Crippen molar-refractivity contribution in [1.82, 2.24) is 20.4 Å². The fourth-order valence-electron chi connectivity index (χ4n) is 4.38. The van der Waals surface area contributed by atoms with E-state index in [-0.39, 0.29) is 30.1 Å². The van der Waals surface area contributed by atoms with E-state index in [1.54, 1.807) is 0 Å². The average molecular weight is 451 g/mol. The molecule has 1 unspecified atom stereocenters. The highest BCUT2D eigenvalue weighted by atomic mass is 16.2. The number of amides is 3. The molecule has 2 aromatic rings. The summed E-state index contributed by atoms with van der Waals surface area (Å²) in [5.41, 5.74) is 0.957. The summed E-state index contributed by atoms with van der Waals surface area (Å²) >= 11 is 0. The lowest BCUT2D eigenvalue weighted by Crippen LogP contribution is -2.57. The fraction of sp³-hybridized carbons (Fsp3) is 0.500. The molecule has 7 nitrogen and oxygen atoms in total. The van der Waals surface area contributed by atoms with Crippen LogP contribution >= 0.6 is 0 Å². The first-order valence-corrected chi connectivity index (χ1v) is 12.0. The molecule has 0 radical (unpaired) electrons. The maximum atomic E-state index is 13.2. The number of piperazine rings is 1. The highest BCUT2D eigenvalue weighted by molar-refractivity contribution is 5.92. The summed E-state index contributed by atoms with van der Waals surface area (Å²) < 4.78 is 0. The summed E-state index contributed by atoms with van der Waals surface area (Å²) in [5.74, 6) is -0.138. The van der Waals surface area contributed by atoms with Gasteiger partial charge >= 0.3 is 0 Å². The molecular formula is C26H34N4O3. The molecule has 2 aliphatic rings. The van der Waals surface area contributed by atoms with Gasteiger partial charge in [0, 0.05) is 32.2 Å². The predicted molar refractivity (Wildman–Crippen MR) is 129 cm³/mol. The number of carbonyl (C=O) groups is 3. The Labute approximate surface area is 195 Å². The molecule has 0 spiro atoms. The number of rotatable bonds is 8. The molecule has 1 saturated carbocycles. The minimum Gasteiger partial charge on any atom is -0.352 e. The van der Waals surface area contributed by atoms with E-state index in [1.165, 1.54) is 0 Å². The van der Waals surface area contributed by atoms with E-state index < -0.39 is 6.04 Å². The highest BCUT2D eigenvalue weighted by Crippen LogP contribution is 2.20. The Bertz CT molecular complexity index is 1000. The first kappa shape index (κ1) is 23.2. The second-order valence-electron chi connectivity index (χ2n) is 9.55. The van der Waals surface area contributed by atoms with Crippen molar-refractivity contribution in [3.8, 4) is 0 Å². The quantitative estimate of drug-likeness (QED) is 0.644. The first-order valence-electron chi connectivity index (χ1n) is 12.0. The Hall–Kier alpha value is -2.93. The van der Waals surface area contributed by atoms with Gasteiger partial charge in [-0.25, -0.2) is 0 Å². The molecule has 1 saturated heterocycles. The normalized spacial score (nSPS) is 17.7. The van der Waals surface area contributed by atoms with Gasteiger partial charge in [0.1, 0.15) is 6.04 Å². The van der Waals surface area contributed by atoms with Crippen LogP contribution in [0.3, 0.4) is 0 Å². The number of carbonyl (C=O) groups excluding carboxylic acids is 3. The van der Waals surface area contributed by atoms with Gasteiger partial charge in [0.15, 0.2) is 0 Å². The second-order valence-corrected chi connectivity index (χ2v) is 9.55. The zero-order chi connectivity index (χ0) is 23.4. The molecule has 176 valence electrons. The first-order chi connectivity index (χ1) is 15.9. The van der Waals surface area contributed by atoms with Crippen molar-refractivity contribution in [3.05, 3.63) is 48.0 Å². The molecule has 1 heterocycles. The minimum absolute atomic E-state index is 0.0173. The van der Waals surface area contributed by atoms with Gasteiger partial charge in [0.05, 0.1) is 13.0 Å². The van der Waals surface area contributed by atoms with Crippen molar-refractivity contribution >= 4 is 28.5 Å². The Morgan fingerprint density at radius 2 is 1.64 bits per heavy atom. The largest absolute Gasteiger partial charge is 0.352 e. The van der Waals surface area contributed by atoms with Gasteiger partial charge in [0.2, 0.25) is 17.7 Å². The topological polar surface area (TPSA) is 81.8 Å². The van der Waals surface area contributed by atoms with Gasteiger partial charge in [0.25, 0.3) is 0 Å². The Balaban J connectivity index is 1.31. The van der Waals surface area contributed by atoms with Crippen molar-refractivity contribution in [2.24, 2.45) is 5.92 Å². The maximum Gasteiger partial charge on any atom is 0.245 e. The minimum atomic E-state index is -0.558. The number of hydrogen-bond donors (Lipinski definition) is 2. The molecule has 1 aliphatic heterocycles. The van der Waals surface area contributed by atoms with Crippen LogP contribution in [-0.4, -0.2) is 72.3 Å². The summed E-state index contributed by atoms with van der Waals surface area (Å²) in [5, 5.41) is 8.16. The lowest BCUT2D eigenvalue weighted by molar-refractivity contribution is -0.139. The summed E-state index contributed by atoms with van der Waals surface area (Å²) in [7, 11) is 0. The van der Waals surface area contributed by atoms with Crippen LogP contribution in [0.2, 0.25) is 0 Å². The van der Waals surface area contributed by atoms with Crippen LogP contribution in [0.1, 0.15) is 32.3 Å². The van der Waals surface area contributed by atoms with E-state index in [9.17, 15) is 14.4 Å². The standard InChI is InChI=1S/C26H34N4O3/c1-18(2)25(28-23(31)16-20-8-5-7-19-6-3-4-9-22(19)20)26(33)30-14-12-29(13-15-30)17-24(32)27-21-10-11-21/h3-9,18,21,25H,10-17H2,1-2H3,(H,27,32)(H,28,31). The summed E-state index contributed by atoms with van der Waals surface area (Å²) in [6.45, 7) is 6.76. The summed E-state index contributed by atoms with van der Waals surface area (Å²) in [4.78, 5) is 42.1. The molecule has 4 rings (SSSR count). The Morgan fingerprint density at radius 3 is 2.33 bits per heavy atom. The molecule has 1 aliphatic carbocycles. The van der Waals surface area contributed by atoms with E-state index in [0.717, 1.165) is 29.2 Å². The van der Waals surface area contributed by atoms with E-state index in [4.69, 9.17) is 0 Å². The van der Waals surface area contributed by atoms with Gasteiger partial charge in [-0.2, -0.15) is 0 Å². The second kappa shape index (κ2) is 10.3. The molecule has 2 N–H and O–H groups in total. The van der Waals surface area contributed by atoms with Crippen LogP contribution in [0, 0.1) is 5.92 Å². The van der Waals surface area contributed by atoms with Crippen molar-refractivity contribution in [2.45, 2.75) is 45.2 Å². The van der Waals surface area contributed by atoms with Crippen LogP contribution in [0.4, 0.5) is 0 Å². The smallest absolute Gasteiger partial charge is 0.245 e.